The van der Waals surface area contributed by atoms with Crippen molar-refractivity contribution in [1.29, 1.82) is 0 Å². The van der Waals surface area contributed by atoms with Gasteiger partial charge in [-0.25, -0.2) is 13.1 Å². The molecule has 0 aliphatic heterocycles. The lowest BCUT2D eigenvalue weighted by Gasteiger charge is -2.07. The van der Waals surface area contributed by atoms with Crippen LogP contribution in [0.4, 0.5) is 0 Å². The zero-order chi connectivity index (χ0) is 10.5. The number of carbonyl (C=O) groups excluding carboxylic acids is 1. The number of nitrogens with two attached hydrogens (primary N) is 1. The van der Waals surface area contributed by atoms with Crippen molar-refractivity contribution >= 4 is 15.9 Å². The molecule has 78 valence electrons. The van der Waals surface area contributed by atoms with Gasteiger partial charge in [0.1, 0.15) is 0 Å². The fourth-order valence-corrected chi connectivity index (χ4v) is 1.06. The molecule has 0 bridgehead atoms. The third-order valence-electron chi connectivity index (χ3n) is 1.20. The quantitative estimate of drug-likeness (QED) is 0.456. The third kappa shape index (κ3) is 7.69. The number of hydrogen-bond acceptors (Lipinski definition) is 4. The van der Waals surface area contributed by atoms with Crippen LogP contribution in [0.15, 0.2) is 0 Å². The van der Waals surface area contributed by atoms with E-state index >= 15 is 0 Å². The minimum Gasteiger partial charge on any atom is -0.353 e. The van der Waals surface area contributed by atoms with Crippen LogP contribution in [0.5, 0.6) is 0 Å². The van der Waals surface area contributed by atoms with E-state index in [2.05, 4.69) is 10.0 Å². The molecule has 1 amide bonds. The Morgan fingerprint density at radius 3 is 2.38 bits per heavy atom. The van der Waals surface area contributed by atoms with Crippen LogP contribution in [0.25, 0.3) is 0 Å². The first-order chi connectivity index (χ1) is 5.83. The van der Waals surface area contributed by atoms with Gasteiger partial charge in [-0.3, -0.25) is 4.79 Å². The van der Waals surface area contributed by atoms with Crippen LogP contribution in [0.1, 0.15) is 6.92 Å². The molecule has 0 aromatic rings. The Bertz CT molecular complexity index is 260. The molecular formula is C6H15N3O3S. The first kappa shape index (κ1) is 12.3. The molecule has 0 radical (unpaired) electrons. The average Bonchev–Trinajstić information content (AvgIpc) is 1.95. The summed E-state index contributed by atoms with van der Waals surface area (Å²) in [4.78, 5) is 10.9. The molecule has 0 fully saturated rings. The summed E-state index contributed by atoms with van der Waals surface area (Å²) in [6.45, 7) is 1.98. The molecule has 0 unspecified atom stereocenters. The van der Waals surface area contributed by atoms with Gasteiger partial charge < -0.3 is 11.1 Å². The fraction of sp³-hybridized carbons (Fsp3) is 0.833. The molecule has 0 aromatic heterocycles. The Balaban J connectivity index is 3.53. The van der Waals surface area contributed by atoms with Crippen molar-refractivity contribution in [3.05, 3.63) is 0 Å². The van der Waals surface area contributed by atoms with E-state index in [4.69, 9.17) is 5.73 Å². The standard InChI is InChI=1S/C6H15N3O3S/c1-5(7)6(10)8-3-4-9-13(2,11)12/h5,9H,3-4,7H2,1-2H3,(H,8,10)/t5-/m1/s1. The molecule has 7 heteroatoms. The topological polar surface area (TPSA) is 101 Å². The van der Waals surface area contributed by atoms with Crippen molar-refractivity contribution < 1.29 is 13.2 Å². The lowest BCUT2D eigenvalue weighted by Crippen LogP contribution is -2.41. The molecule has 0 aliphatic rings. The highest BCUT2D eigenvalue weighted by molar-refractivity contribution is 7.88. The van der Waals surface area contributed by atoms with Gasteiger partial charge in [0.15, 0.2) is 0 Å². The first-order valence-electron chi connectivity index (χ1n) is 3.81. The van der Waals surface area contributed by atoms with Crippen molar-refractivity contribution in [1.82, 2.24) is 10.0 Å². The van der Waals surface area contributed by atoms with Crippen LogP contribution < -0.4 is 15.8 Å². The second-order valence-electron chi connectivity index (χ2n) is 2.75. The normalized spacial score (nSPS) is 13.8. The van der Waals surface area contributed by atoms with E-state index in [0.717, 1.165) is 6.26 Å². The smallest absolute Gasteiger partial charge is 0.236 e. The van der Waals surface area contributed by atoms with Gasteiger partial charge in [0, 0.05) is 13.1 Å². The second kappa shape index (κ2) is 5.15. The largest absolute Gasteiger partial charge is 0.353 e. The number of sulfonamides is 1. The lowest BCUT2D eigenvalue weighted by molar-refractivity contribution is -0.121. The molecule has 0 saturated carbocycles. The maximum absolute atomic E-state index is 10.9. The van der Waals surface area contributed by atoms with Gasteiger partial charge in [-0.2, -0.15) is 0 Å². The van der Waals surface area contributed by atoms with E-state index in [1.807, 2.05) is 0 Å². The van der Waals surface area contributed by atoms with E-state index in [-0.39, 0.29) is 19.0 Å². The van der Waals surface area contributed by atoms with Crippen molar-refractivity contribution in [2.45, 2.75) is 13.0 Å². The molecular weight excluding hydrogens is 194 g/mol. The molecule has 4 N–H and O–H groups in total. The van der Waals surface area contributed by atoms with E-state index in [0.29, 0.717) is 0 Å². The van der Waals surface area contributed by atoms with Crippen LogP contribution in [0.3, 0.4) is 0 Å². The lowest BCUT2D eigenvalue weighted by atomic mass is 10.3. The highest BCUT2D eigenvalue weighted by Gasteiger charge is 2.05. The van der Waals surface area contributed by atoms with Gasteiger partial charge in [0.2, 0.25) is 15.9 Å². The predicted molar refractivity (Wildman–Crippen MR) is 49.5 cm³/mol. The van der Waals surface area contributed by atoms with E-state index < -0.39 is 16.1 Å². The highest BCUT2D eigenvalue weighted by Crippen LogP contribution is 1.75. The summed E-state index contributed by atoms with van der Waals surface area (Å²) in [6.07, 6.45) is 1.06. The van der Waals surface area contributed by atoms with Gasteiger partial charge in [0.05, 0.1) is 12.3 Å². The van der Waals surface area contributed by atoms with E-state index in [1.54, 1.807) is 6.92 Å². The summed E-state index contributed by atoms with van der Waals surface area (Å²) in [5.41, 5.74) is 5.25. The summed E-state index contributed by atoms with van der Waals surface area (Å²) >= 11 is 0. The Morgan fingerprint density at radius 1 is 1.46 bits per heavy atom. The minimum absolute atomic E-state index is 0.178. The molecule has 13 heavy (non-hydrogen) atoms. The number of carbonyl (C=O) groups is 1. The number of hydrogen-bond donors (Lipinski definition) is 3. The Kier molecular flexibility index (Phi) is 4.89. The second-order valence-corrected chi connectivity index (χ2v) is 4.58. The molecule has 0 aromatic carbocycles. The van der Waals surface area contributed by atoms with Gasteiger partial charge in [-0.15, -0.1) is 0 Å². The average molecular weight is 209 g/mol. The van der Waals surface area contributed by atoms with Crippen LogP contribution in [0, 0.1) is 0 Å². The fourth-order valence-electron chi connectivity index (χ4n) is 0.583. The summed E-state index contributed by atoms with van der Waals surface area (Å²) < 4.78 is 23.4. The van der Waals surface area contributed by atoms with E-state index in [9.17, 15) is 13.2 Å². The molecule has 0 saturated heterocycles. The minimum atomic E-state index is -3.17. The Morgan fingerprint density at radius 2 is 2.00 bits per heavy atom. The molecule has 0 aliphatic carbocycles. The number of rotatable bonds is 5. The molecule has 0 spiro atoms. The predicted octanol–water partition coefficient (Wildman–Crippen LogP) is -2.00. The Labute approximate surface area is 77.9 Å². The van der Waals surface area contributed by atoms with E-state index in [1.165, 1.54) is 0 Å². The van der Waals surface area contributed by atoms with Crippen molar-refractivity contribution in [2.75, 3.05) is 19.3 Å². The summed E-state index contributed by atoms with van der Waals surface area (Å²) in [5.74, 6) is -0.296. The molecule has 0 rings (SSSR count). The maximum atomic E-state index is 10.9. The number of amides is 1. The zero-order valence-corrected chi connectivity index (χ0v) is 8.52. The van der Waals surface area contributed by atoms with Gasteiger partial charge in [-0.05, 0) is 6.92 Å². The van der Waals surface area contributed by atoms with Gasteiger partial charge in [0.25, 0.3) is 0 Å². The maximum Gasteiger partial charge on any atom is 0.236 e. The van der Waals surface area contributed by atoms with Gasteiger partial charge in [-0.1, -0.05) is 0 Å². The van der Waals surface area contributed by atoms with Crippen LogP contribution in [-0.4, -0.2) is 39.7 Å². The Hall–Kier alpha value is -0.660. The van der Waals surface area contributed by atoms with Crippen LogP contribution in [-0.2, 0) is 14.8 Å². The molecule has 6 nitrogen and oxygen atoms in total. The van der Waals surface area contributed by atoms with Crippen LogP contribution >= 0.6 is 0 Å². The van der Waals surface area contributed by atoms with Crippen LogP contribution in [0.2, 0.25) is 0 Å². The SMILES string of the molecule is C[C@@H](N)C(=O)NCCNS(C)(=O)=O. The highest BCUT2D eigenvalue weighted by atomic mass is 32.2. The van der Waals surface area contributed by atoms with Crippen molar-refractivity contribution in [3.63, 3.8) is 0 Å². The molecule has 1 atom stereocenters. The van der Waals surface area contributed by atoms with Gasteiger partial charge >= 0.3 is 0 Å². The third-order valence-corrected chi connectivity index (χ3v) is 1.93. The first-order valence-corrected chi connectivity index (χ1v) is 5.70. The zero-order valence-electron chi connectivity index (χ0n) is 7.70. The van der Waals surface area contributed by atoms with Crippen molar-refractivity contribution in [2.24, 2.45) is 5.73 Å². The summed E-state index contributed by atoms with van der Waals surface area (Å²) in [7, 11) is -3.17. The summed E-state index contributed by atoms with van der Waals surface area (Å²) in [5, 5.41) is 2.46. The monoisotopic (exact) mass is 209 g/mol. The summed E-state index contributed by atoms with van der Waals surface area (Å²) in [6, 6.07) is -0.571. The number of nitrogens with one attached hydrogen (secondary N) is 2. The molecule has 0 heterocycles. The van der Waals surface area contributed by atoms with Crippen molar-refractivity contribution in [3.8, 4) is 0 Å².